The highest BCUT2D eigenvalue weighted by atomic mass is 32.2. The van der Waals surface area contributed by atoms with E-state index in [0.29, 0.717) is 30.1 Å². The molecule has 0 bridgehead atoms. The molecule has 0 spiro atoms. The molecule has 0 unspecified atom stereocenters. The molecule has 0 amide bonds. The first-order valence-corrected chi connectivity index (χ1v) is 12.3. The first-order valence-electron chi connectivity index (χ1n) is 10.9. The van der Waals surface area contributed by atoms with Crippen molar-refractivity contribution in [3.63, 3.8) is 0 Å². The Kier molecular flexibility index (Phi) is 7.62. The van der Waals surface area contributed by atoms with Crippen LogP contribution in [0.2, 0.25) is 0 Å². The number of methoxy groups -OCH3 is 1. The Labute approximate surface area is 186 Å². The third-order valence-electron chi connectivity index (χ3n) is 6.14. The molecular formula is C24H34N2O4S. The Balaban J connectivity index is 1.88. The Bertz CT molecular complexity index is 935. The fourth-order valence-electron chi connectivity index (χ4n) is 4.26. The van der Waals surface area contributed by atoms with Gasteiger partial charge >= 0.3 is 0 Å². The number of likely N-dealkylation sites (tertiary alicyclic amines) is 1. The van der Waals surface area contributed by atoms with Gasteiger partial charge in [0.05, 0.1) is 30.3 Å². The monoisotopic (exact) mass is 446 g/mol. The zero-order chi connectivity index (χ0) is 22.6. The minimum absolute atomic E-state index is 0.0154. The van der Waals surface area contributed by atoms with Gasteiger partial charge in [-0.1, -0.05) is 24.1 Å². The van der Waals surface area contributed by atoms with Crippen LogP contribution in [0.5, 0.6) is 5.75 Å². The number of piperidine rings is 1. The Morgan fingerprint density at radius 1 is 1.06 bits per heavy atom. The van der Waals surface area contributed by atoms with Gasteiger partial charge < -0.3 is 9.84 Å². The number of anilines is 1. The predicted octanol–water partition coefficient (Wildman–Crippen LogP) is 3.82. The highest BCUT2D eigenvalue weighted by Crippen LogP contribution is 2.27. The van der Waals surface area contributed by atoms with Crippen LogP contribution in [0.4, 0.5) is 5.69 Å². The quantitative estimate of drug-likeness (QED) is 0.668. The van der Waals surface area contributed by atoms with Crippen molar-refractivity contribution in [1.29, 1.82) is 0 Å². The molecule has 3 rings (SSSR count). The Hall–Kier alpha value is -2.09. The van der Waals surface area contributed by atoms with Crippen molar-refractivity contribution in [2.75, 3.05) is 24.5 Å². The molecule has 1 fully saturated rings. The molecule has 0 radical (unpaired) electrons. The van der Waals surface area contributed by atoms with E-state index in [1.165, 1.54) is 10.7 Å². The summed E-state index contributed by atoms with van der Waals surface area (Å²) >= 11 is 0. The number of nitrogens with zero attached hydrogens (tertiary/aromatic N) is 2. The van der Waals surface area contributed by atoms with E-state index < -0.39 is 16.1 Å². The fraction of sp³-hybridized carbons (Fsp3) is 0.500. The molecule has 1 heterocycles. The van der Waals surface area contributed by atoms with Gasteiger partial charge in [-0.2, -0.15) is 0 Å². The van der Waals surface area contributed by atoms with E-state index >= 15 is 0 Å². The van der Waals surface area contributed by atoms with Gasteiger partial charge in [0.1, 0.15) is 5.75 Å². The van der Waals surface area contributed by atoms with Gasteiger partial charge in [0.15, 0.2) is 0 Å². The molecule has 1 saturated heterocycles. The molecule has 1 aliphatic rings. The van der Waals surface area contributed by atoms with Crippen molar-refractivity contribution >= 4 is 15.7 Å². The van der Waals surface area contributed by atoms with Gasteiger partial charge in [0, 0.05) is 18.6 Å². The maximum Gasteiger partial charge on any atom is 0.264 e. The van der Waals surface area contributed by atoms with Crippen LogP contribution in [0.25, 0.3) is 0 Å². The van der Waals surface area contributed by atoms with Crippen molar-refractivity contribution in [2.45, 2.75) is 63.1 Å². The fourth-order valence-corrected chi connectivity index (χ4v) is 5.76. The topological polar surface area (TPSA) is 70.1 Å². The summed E-state index contributed by atoms with van der Waals surface area (Å²) < 4.78 is 33.6. The van der Waals surface area contributed by atoms with Crippen molar-refractivity contribution < 1.29 is 18.3 Å². The first-order chi connectivity index (χ1) is 14.7. The molecule has 1 aliphatic heterocycles. The van der Waals surface area contributed by atoms with Gasteiger partial charge in [-0.05, 0) is 70.0 Å². The molecule has 170 valence electrons. The Morgan fingerprint density at radius 3 is 2.19 bits per heavy atom. The molecule has 0 saturated carbocycles. The SMILES string of the molecule is COc1ccc(N(C[C@H](O)CN2[C@@H](C)CCC[C@@H]2C)S(=O)(=O)c2ccc(C)cc2)cc1. The van der Waals surface area contributed by atoms with E-state index in [0.717, 1.165) is 18.4 Å². The number of ether oxygens (including phenoxy) is 1. The predicted molar refractivity (Wildman–Crippen MR) is 124 cm³/mol. The van der Waals surface area contributed by atoms with E-state index in [1.54, 1.807) is 55.6 Å². The molecular weight excluding hydrogens is 412 g/mol. The molecule has 2 aromatic rings. The third kappa shape index (κ3) is 5.59. The summed E-state index contributed by atoms with van der Waals surface area (Å²) in [5.41, 5.74) is 1.49. The molecule has 2 aromatic carbocycles. The minimum Gasteiger partial charge on any atom is -0.497 e. The molecule has 3 atom stereocenters. The van der Waals surface area contributed by atoms with Gasteiger partial charge in [-0.3, -0.25) is 9.21 Å². The van der Waals surface area contributed by atoms with Gasteiger partial charge in [-0.25, -0.2) is 8.42 Å². The summed E-state index contributed by atoms with van der Waals surface area (Å²) in [5, 5.41) is 11.0. The number of aliphatic hydroxyl groups is 1. The molecule has 6 nitrogen and oxygen atoms in total. The van der Waals surface area contributed by atoms with E-state index in [2.05, 4.69) is 18.7 Å². The highest BCUT2D eigenvalue weighted by molar-refractivity contribution is 7.92. The van der Waals surface area contributed by atoms with E-state index in [1.807, 2.05) is 6.92 Å². The number of aryl methyl sites for hydroxylation is 1. The number of benzene rings is 2. The summed E-state index contributed by atoms with van der Waals surface area (Å²) in [6, 6.07) is 14.4. The molecule has 7 heteroatoms. The summed E-state index contributed by atoms with van der Waals surface area (Å²) in [7, 11) is -2.27. The van der Waals surface area contributed by atoms with Crippen molar-refractivity contribution in [3.05, 3.63) is 54.1 Å². The van der Waals surface area contributed by atoms with Crippen LogP contribution < -0.4 is 9.04 Å². The number of hydrogen-bond acceptors (Lipinski definition) is 5. The second-order valence-electron chi connectivity index (χ2n) is 8.53. The Morgan fingerprint density at radius 2 is 1.65 bits per heavy atom. The van der Waals surface area contributed by atoms with Crippen LogP contribution in [-0.4, -0.2) is 56.8 Å². The van der Waals surface area contributed by atoms with Crippen LogP contribution >= 0.6 is 0 Å². The number of hydrogen-bond donors (Lipinski definition) is 1. The average molecular weight is 447 g/mol. The number of sulfonamides is 1. The molecule has 0 aliphatic carbocycles. The lowest BCUT2D eigenvalue weighted by Crippen LogP contribution is -2.50. The summed E-state index contributed by atoms with van der Waals surface area (Å²) in [4.78, 5) is 2.50. The maximum atomic E-state index is 13.5. The average Bonchev–Trinajstić information content (AvgIpc) is 2.75. The zero-order valence-electron chi connectivity index (χ0n) is 18.9. The van der Waals surface area contributed by atoms with Crippen LogP contribution in [0.15, 0.2) is 53.4 Å². The number of β-amino-alcohol motifs (C(OH)–C–C–N with tert-alkyl or cyclic N) is 1. The lowest BCUT2D eigenvalue weighted by atomic mass is 9.97. The van der Waals surface area contributed by atoms with Gasteiger partial charge in [0.25, 0.3) is 10.0 Å². The maximum absolute atomic E-state index is 13.5. The van der Waals surface area contributed by atoms with E-state index in [-0.39, 0.29) is 11.4 Å². The van der Waals surface area contributed by atoms with E-state index in [9.17, 15) is 13.5 Å². The van der Waals surface area contributed by atoms with Gasteiger partial charge in [0.2, 0.25) is 0 Å². The van der Waals surface area contributed by atoms with Crippen LogP contribution in [0.1, 0.15) is 38.7 Å². The van der Waals surface area contributed by atoms with Crippen LogP contribution in [0.3, 0.4) is 0 Å². The molecule has 31 heavy (non-hydrogen) atoms. The lowest BCUT2D eigenvalue weighted by molar-refractivity contribution is 0.0455. The summed E-state index contributed by atoms with van der Waals surface area (Å²) in [6.45, 7) is 6.69. The molecule has 0 aromatic heterocycles. The van der Waals surface area contributed by atoms with Gasteiger partial charge in [-0.15, -0.1) is 0 Å². The highest BCUT2D eigenvalue weighted by Gasteiger charge is 2.31. The summed E-state index contributed by atoms with van der Waals surface area (Å²) in [5.74, 6) is 0.646. The number of rotatable bonds is 8. The van der Waals surface area contributed by atoms with Crippen LogP contribution in [-0.2, 0) is 10.0 Å². The zero-order valence-corrected chi connectivity index (χ0v) is 19.7. The third-order valence-corrected chi connectivity index (χ3v) is 7.95. The number of aliphatic hydroxyl groups excluding tert-OH is 1. The first kappa shape index (κ1) is 23.6. The largest absolute Gasteiger partial charge is 0.497 e. The van der Waals surface area contributed by atoms with Crippen molar-refractivity contribution in [1.82, 2.24) is 4.90 Å². The van der Waals surface area contributed by atoms with E-state index in [4.69, 9.17) is 4.74 Å². The molecule has 1 N–H and O–H groups in total. The standard InChI is InChI=1S/C24H34N2O4S/c1-18-8-14-24(15-9-18)31(28,29)26(21-10-12-23(30-4)13-11-21)17-22(27)16-25-19(2)6-5-7-20(25)3/h8-15,19-20,22,27H,5-7,16-17H2,1-4H3/t19-,20-,22+/m0/s1. The van der Waals surface area contributed by atoms with Crippen molar-refractivity contribution in [2.24, 2.45) is 0 Å². The summed E-state index contributed by atoms with van der Waals surface area (Å²) in [6.07, 6.45) is 2.57. The normalized spacial score (nSPS) is 20.9. The van der Waals surface area contributed by atoms with Crippen molar-refractivity contribution in [3.8, 4) is 5.75 Å². The smallest absolute Gasteiger partial charge is 0.264 e. The second kappa shape index (κ2) is 10.0. The second-order valence-corrected chi connectivity index (χ2v) is 10.4. The van der Waals surface area contributed by atoms with Crippen LogP contribution in [0, 0.1) is 6.92 Å². The minimum atomic E-state index is -3.84. The lowest BCUT2D eigenvalue weighted by Gasteiger charge is -2.40.